The van der Waals surface area contributed by atoms with Crippen LogP contribution in [0.3, 0.4) is 0 Å². The van der Waals surface area contributed by atoms with Gasteiger partial charge in [-0.15, -0.1) is 0 Å². The van der Waals surface area contributed by atoms with Gasteiger partial charge in [0, 0.05) is 17.9 Å². The summed E-state index contributed by atoms with van der Waals surface area (Å²) in [5.74, 6) is 0.343. The van der Waals surface area contributed by atoms with E-state index in [0.717, 1.165) is 10.9 Å². The summed E-state index contributed by atoms with van der Waals surface area (Å²) < 4.78 is 15.2. The van der Waals surface area contributed by atoms with Gasteiger partial charge in [-0.05, 0) is 18.1 Å². The topological polar surface area (TPSA) is 48.7 Å². The summed E-state index contributed by atoms with van der Waals surface area (Å²) in [5, 5.41) is 1.40. The molecule has 2 rings (SSSR count). The van der Waals surface area contributed by atoms with Crippen LogP contribution in [0.25, 0.3) is 11.0 Å². The fraction of sp³-hybridized carbons (Fsp3) is 0.308. The SMILES string of the molecule is COC(=O)CCc1coc2cc(Cl)c(OC)cc12. The van der Waals surface area contributed by atoms with Gasteiger partial charge in [0.1, 0.15) is 11.3 Å². The molecule has 5 heteroatoms. The molecule has 0 spiro atoms. The maximum absolute atomic E-state index is 11.1. The summed E-state index contributed by atoms with van der Waals surface area (Å²) >= 11 is 6.00. The number of aryl methyl sites for hydroxylation is 1. The number of benzene rings is 1. The molecule has 0 aliphatic carbocycles. The Morgan fingerprint density at radius 3 is 2.83 bits per heavy atom. The highest BCUT2D eigenvalue weighted by atomic mass is 35.5. The summed E-state index contributed by atoms with van der Waals surface area (Å²) in [6, 6.07) is 3.52. The normalized spacial score (nSPS) is 10.6. The lowest BCUT2D eigenvalue weighted by molar-refractivity contribution is -0.140. The van der Waals surface area contributed by atoms with Crippen LogP contribution >= 0.6 is 11.6 Å². The van der Waals surface area contributed by atoms with Gasteiger partial charge in [-0.1, -0.05) is 11.6 Å². The van der Waals surface area contributed by atoms with Gasteiger partial charge in [-0.3, -0.25) is 4.79 Å². The zero-order valence-corrected chi connectivity index (χ0v) is 10.9. The van der Waals surface area contributed by atoms with Gasteiger partial charge in [0.15, 0.2) is 0 Å². The molecule has 4 nitrogen and oxygen atoms in total. The monoisotopic (exact) mass is 268 g/mol. The van der Waals surface area contributed by atoms with Crippen molar-refractivity contribution in [3.8, 4) is 5.75 Å². The molecule has 96 valence electrons. The van der Waals surface area contributed by atoms with Crippen LogP contribution in [0.2, 0.25) is 5.02 Å². The Labute approximate surface area is 109 Å². The van der Waals surface area contributed by atoms with Gasteiger partial charge in [-0.25, -0.2) is 0 Å². The van der Waals surface area contributed by atoms with Crippen LogP contribution < -0.4 is 4.74 Å². The van der Waals surface area contributed by atoms with Crippen molar-refractivity contribution in [1.82, 2.24) is 0 Å². The van der Waals surface area contributed by atoms with E-state index in [0.29, 0.717) is 29.2 Å². The van der Waals surface area contributed by atoms with Crippen molar-refractivity contribution in [1.29, 1.82) is 0 Å². The summed E-state index contributed by atoms with van der Waals surface area (Å²) in [7, 11) is 2.93. The standard InChI is InChI=1S/C13H13ClO4/c1-16-12-5-9-8(3-4-13(15)17-2)7-18-11(9)6-10(12)14/h5-7H,3-4H2,1-2H3. The number of carbonyl (C=O) groups excluding carboxylic acids is 1. The number of ether oxygens (including phenoxy) is 2. The van der Waals surface area contributed by atoms with E-state index in [4.69, 9.17) is 20.8 Å². The van der Waals surface area contributed by atoms with Crippen molar-refractivity contribution in [2.75, 3.05) is 14.2 Å². The second-order valence-corrected chi connectivity index (χ2v) is 4.23. The van der Waals surface area contributed by atoms with Crippen LogP contribution in [-0.2, 0) is 16.0 Å². The van der Waals surface area contributed by atoms with E-state index in [1.54, 1.807) is 19.4 Å². The number of esters is 1. The molecule has 0 radical (unpaired) electrons. The van der Waals surface area contributed by atoms with E-state index in [1.165, 1.54) is 7.11 Å². The lowest BCUT2D eigenvalue weighted by Crippen LogP contribution is -2.01. The number of carbonyl (C=O) groups is 1. The molecule has 0 bridgehead atoms. The van der Waals surface area contributed by atoms with Crippen LogP contribution in [0.1, 0.15) is 12.0 Å². The molecule has 0 aliphatic heterocycles. The Kier molecular flexibility index (Phi) is 3.77. The van der Waals surface area contributed by atoms with Crippen LogP contribution in [0.4, 0.5) is 0 Å². The maximum atomic E-state index is 11.1. The Bertz CT molecular complexity index is 574. The summed E-state index contributed by atoms with van der Waals surface area (Å²) in [6.45, 7) is 0. The van der Waals surface area contributed by atoms with E-state index in [-0.39, 0.29) is 5.97 Å². The van der Waals surface area contributed by atoms with Gasteiger partial charge < -0.3 is 13.9 Å². The number of methoxy groups -OCH3 is 2. The van der Waals surface area contributed by atoms with Crippen molar-refractivity contribution in [3.63, 3.8) is 0 Å². The first-order valence-corrected chi connectivity index (χ1v) is 5.84. The van der Waals surface area contributed by atoms with E-state index < -0.39 is 0 Å². The summed E-state index contributed by atoms with van der Waals surface area (Å²) in [4.78, 5) is 11.1. The molecule has 1 aromatic carbocycles. The Morgan fingerprint density at radius 1 is 1.39 bits per heavy atom. The van der Waals surface area contributed by atoms with E-state index in [9.17, 15) is 4.79 Å². The molecular formula is C13H13ClO4. The third kappa shape index (κ3) is 2.43. The number of hydrogen-bond donors (Lipinski definition) is 0. The number of rotatable bonds is 4. The van der Waals surface area contributed by atoms with Crippen molar-refractivity contribution in [2.45, 2.75) is 12.8 Å². The molecule has 0 atom stereocenters. The largest absolute Gasteiger partial charge is 0.495 e. The predicted octanol–water partition coefficient (Wildman–Crippen LogP) is 3.20. The third-order valence-electron chi connectivity index (χ3n) is 2.75. The molecule has 0 amide bonds. The molecule has 1 heterocycles. The number of fused-ring (bicyclic) bond motifs is 1. The highest BCUT2D eigenvalue weighted by Gasteiger charge is 2.12. The maximum Gasteiger partial charge on any atom is 0.305 e. The zero-order valence-electron chi connectivity index (χ0n) is 10.2. The minimum atomic E-state index is -0.245. The van der Waals surface area contributed by atoms with Crippen LogP contribution in [0.15, 0.2) is 22.8 Å². The molecule has 0 unspecified atom stereocenters. The molecule has 1 aromatic heterocycles. The second kappa shape index (κ2) is 5.31. The second-order valence-electron chi connectivity index (χ2n) is 3.82. The third-order valence-corrected chi connectivity index (χ3v) is 3.05. The van der Waals surface area contributed by atoms with Gasteiger partial charge >= 0.3 is 5.97 Å². The first-order valence-electron chi connectivity index (χ1n) is 5.46. The molecule has 2 aromatic rings. The highest BCUT2D eigenvalue weighted by Crippen LogP contribution is 2.33. The minimum Gasteiger partial charge on any atom is -0.495 e. The highest BCUT2D eigenvalue weighted by molar-refractivity contribution is 6.32. The molecule has 0 saturated carbocycles. The predicted molar refractivity (Wildman–Crippen MR) is 68.1 cm³/mol. The molecule has 0 aliphatic rings. The Balaban J connectivity index is 2.31. The fourth-order valence-electron chi connectivity index (χ4n) is 1.77. The fourth-order valence-corrected chi connectivity index (χ4v) is 2.00. The molecule has 18 heavy (non-hydrogen) atoms. The first-order chi connectivity index (χ1) is 8.65. The summed E-state index contributed by atoms with van der Waals surface area (Å²) in [5.41, 5.74) is 1.62. The van der Waals surface area contributed by atoms with Crippen molar-refractivity contribution < 1.29 is 18.7 Å². The minimum absolute atomic E-state index is 0.245. The average Bonchev–Trinajstić information content (AvgIpc) is 2.76. The van der Waals surface area contributed by atoms with E-state index >= 15 is 0 Å². The molecule has 0 fully saturated rings. The van der Waals surface area contributed by atoms with E-state index in [2.05, 4.69) is 4.74 Å². The van der Waals surface area contributed by atoms with Gasteiger partial charge in [0.25, 0.3) is 0 Å². The lowest BCUT2D eigenvalue weighted by Gasteiger charge is -2.03. The average molecular weight is 269 g/mol. The number of halogens is 1. The van der Waals surface area contributed by atoms with E-state index in [1.807, 2.05) is 6.07 Å². The van der Waals surface area contributed by atoms with Crippen LogP contribution in [-0.4, -0.2) is 20.2 Å². The van der Waals surface area contributed by atoms with Gasteiger partial charge in [0.2, 0.25) is 0 Å². The zero-order chi connectivity index (χ0) is 13.1. The smallest absolute Gasteiger partial charge is 0.305 e. The van der Waals surface area contributed by atoms with Crippen LogP contribution in [0, 0.1) is 0 Å². The molecule has 0 saturated heterocycles. The molecule has 0 N–H and O–H groups in total. The van der Waals surface area contributed by atoms with Crippen molar-refractivity contribution in [3.05, 3.63) is 29.0 Å². The summed E-state index contributed by atoms with van der Waals surface area (Å²) in [6.07, 6.45) is 2.50. The van der Waals surface area contributed by atoms with Crippen LogP contribution in [0.5, 0.6) is 5.75 Å². The Hall–Kier alpha value is -1.68. The van der Waals surface area contributed by atoms with Crippen molar-refractivity contribution in [2.24, 2.45) is 0 Å². The molecular weight excluding hydrogens is 256 g/mol. The quantitative estimate of drug-likeness (QED) is 0.799. The Morgan fingerprint density at radius 2 is 2.17 bits per heavy atom. The van der Waals surface area contributed by atoms with Gasteiger partial charge in [0.05, 0.1) is 25.5 Å². The number of hydrogen-bond acceptors (Lipinski definition) is 4. The first kappa shape index (κ1) is 12.8. The number of furan rings is 1. The van der Waals surface area contributed by atoms with Gasteiger partial charge in [-0.2, -0.15) is 0 Å². The van der Waals surface area contributed by atoms with Crippen molar-refractivity contribution >= 4 is 28.5 Å². The lowest BCUT2D eigenvalue weighted by atomic mass is 10.1.